The van der Waals surface area contributed by atoms with Gasteiger partial charge < -0.3 is 19.0 Å². The van der Waals surface area contributed by atoms with Crippen LogP contribution in [0.4, 0.5) is 11.4 Å². The van der Waals surface area contributed by atoms with E-state index in [2.05, 4.69) is 104 Å². The van der Waals surface area contributed by atoms with Gasteiger partial charge in [-0.3, -0.25) is 9.11 Å². The third-order valence-corrected chi connectivity index (χ3v) is 14.3. The second-order valence-corrected chi connectivity index (χ2v) is 23.0. The summed E-state index contributed by atoms with van der Waals surface area (Å²) in [5.41, 5.74) is 8.42. The Morgan fingerprint density at radius 3 is 1.92 bits per heavy atom. The van der Waals surface area contributed by atoms with Gasteiger partial charge in [0.15, 0.2) is 12.3 Å². The SMILES string of the molecule is CC1(C)C(/C=C/C2=C(c3ccc(C(=O)O)cc3)C(=C\C=C3\N(CCC[N+](C)(C)C)c4ccc(S(=O)(=O)O)cc4C3(C)C)/CCC2)=[N+](CCC[N+](C)(C)C)c2ccc(S(=O)(=O)O)cc21. The molecular formula is C49H65N4O8S2+3. The Balaban J connectivity index is 1.51. The molecule has 0 bridgehead atoms. The molecule has 2 aliphatic heterocycles. The highest BCUT2D eigenvalue weighted by Gasteiger charge is 2.45. The Morgan fingerprint density at radius 1 is 0.746 bits per heavy atom. The van der Waals surface area contributed by atoms with Gasteiger partial charge in [-0.1, -0.05) is 38.1 Å². The van der Waals surface area contributed by atoms with E-state index in [4.69, 9.17) is 0 Å². The van der Waals surface area contributed by atoms with Gasteiger partial charge in [-0.15, -0.1) is 0 Å². The number of aromatic carboxylic acids is 1. The fourth-order valence-electron chi connectivity index (χ4n) is 9.29. The van der Waals surface area contributed by atoms with E-state index < -0.39 is 37.0 Å². The number of quaternary nitrogens is 2. The Morgan fingerprint density at radius 2 is 1.33 bits per heavy atom. The molecule has 3 aromatic rings. The monoisotopic (exact) mass is 901 g/mol. The number of fused-ring (bicyclic) bond motifs is 2. The average Bonchev–Trinajstić information content (AvgIpc) is 3.51. The number of hydrogen-bond acceptors (Lipinski definition) is 6. The minimum atomic E-state index is -4.43. The first kappa shape index (κ1) is 47.8. The zero-order valence-electron chi connectivity index (χ0n) is 38.4. The molecule has 0 spiro atoms. The summed E-state index contributed by atoms with van der Waals surface area (Å²) in [6.07, 6.45) is 12.7. The predicted molar refractivity (Wildman–Crippen MR) is 250 cm³/mol. The van der Waals surface area contributed by atoms with E-state index in [0.29, 0.717) is 13.1 Å². The normalized spacial score (nSPS) is 19.1. The van der Waals surface area contributed by atoms with Crippen LogP contribution in [0, 0.1) is 0 Å². The second kappa shape index (κ2) is 17.4. The molecule has 0 aromatic heterocycles. The molecule has 338 valence electrons. The van der Waals surface area contributed by atoms with E-state index in [9.17, 15) is 35.8 Å². The smallest absolute Gasteiger partial charge is 0.335 e. The lowest BCUT2D eigenvalue weighted by Gasteiger charge is -2.29. The predicted octanol–water partition coefficient (Wildman–Crippen LogP) is 8.25. The van der Waals surface area contributed by atoms with Crippen molar-refractivity contribution < 1.29 is 49.4 Å². The van der Waals surface area contributed by atoms with Crippen molar-refractivity contribution in [2.45, 2.75) is 80.4 Å². The van der Waals surface area contributed by atoms with Crippen LogP contribution in [0.3, 0.4) is 0 Å². The number of carboxylic acids is 1. The molecule has 3 N–H and O–H groups in total. The van der Waals surface area contributed by atoms with E-state index in [-0.39, 0.29) is 15.4 Å². The van der Waals surface area contributed by atoms with Crippen LogP contribution in [0.5, 0.6) is 0 Å². The zero-order chi connectivity index (χ0) is 46.5. The molecule has 0 atom stereocenters. The Bertz CT molecular complexity index is 2690. The fourth-order valence-corrected chi connectivity index (χ4v) is 10.3. The molecule has 0 saturated heterocycles. The molecule has 6 rings (SSSR count). The largest absolute Gasteiger partial charge is 0.478 e. The zero-order valence-corrected chi connectivity index (χ0v) is 40.1. The topological polar surface area (TPSA) is 152 Å². The van der Waals surface area contributed by atoms with E-state index >= 15 is 0 Å². The van der Waals surface area contributed by atoms with E-state index in [0.717, 1.165) is 110 Å². The standard InChI is InChI=1S/C49H62N4O8S2/c1-48(2)40-32-38(62(56,57)58)22-24-42(40)50(28-12-30-52(5,6)7)44(48)26-20-34-14-11-15-35(46(34)36-16-18-37(19-17-36)47(54)55)21-27-45-49(3,4)41-33-39(63(59,60)61)23-25-43(41)51(45)29-13-31-53(8,9)10/h16-27,32-33H,11-15,28-31H2,1-10H3/p+3. The number of carbonyl (C=O) groups is 1. The summed E-state index contributed by atoms with van der Waals surface area (Å²) in [4.78, 5) is 13.9. The van der Waals surface area contributed by atoms with Crippen molar-refractivity contribution in [1.82, 2.24) is 0 Å². The highest BCUT2D eigenvalue weighted by atomic mass is 32.2. The molecular weight excluding hydrogens is 837 g/mol. The first-order chi connectivity index (χ1) is 29.1. The first-order valence-electron chi connectivity index (χ1n) is 21.5. The molecule has 3 aromatic carbocycles. The number of nitrogens with zero attached hydrogens (tertiary/aromatic N) is 4. The Hall–Kier alpha value is -4.70. The molecule has 0 unspecified atom stereocenters. The summed E-state index contributed by atoms with van der Waals surface area (Å²) in [6, 6.07) is 16.6. The van der Waals surface area contributed by atoms with Gasteiger partial charge in [0, 0.05) is 47.5 Å². The van der Waals surface area contributed by atoms with Crippen LogP contribution in [0.25, 0.3) is 5.57 Å². The number of carboxylic acid groups (broad SMARTS) is 1. The maximum atomic E-state index is 12.3. The quantitative estimate of drug-likeness (QED) is 0.0778. The van der Waals surface area contributed by atoms with Crippen molar-refractivity contribution in [3.05, 3.63) is 124 Å². The maximum absolute atomic E-state index is 12.3. The van der Waals surface area contributed by atoms with Crippen LogP contribution in [-0.4, -0.2) is 125 Å². The van der Waals surface area contributed by atoms with Gasteiger partial charge in [0.2, 0.25) is 5.69 Å². The van der Waals surface area contributed by atoms with Gasteiger partial charge in [-0.05, 0) is 109 Å². The van der Waals surface area contributed by atoms with Crippen LogP contribution < -0.4 is 4.90 Å². The van der Waals surface area contributed by atoms with Gasteiger partial charge in [-0.2, -0.15) is 21.4 Å². The lowest BCUT2D eigenvalue weighted by Crippen LogP contribution is -2.37. The number of allylic oxidation sites excluding steroid dienone is 8. The van der Waals surface area contributed by atoms with E-state index in [1.54, 1.807) is 36.4 Å². The van der Waals surface area contributed by atoms with Gasteiger partial charge in [0.05, 0.1) is 82.6 Å². The second-order valence-electron chi connectivity index (χ2n) is 20.2. The summed E-state index contributed by atoms with van der Waals surface area (Å²) in [7, 11) is 4.08. The molecule has 0 amide bonds. The molecule has 63 heavy (non-hydrogen) atoms. The Kier molecular flexibility index (Phi) is 13.2. The number of hydrogen-bond donors (Lipinski definition) is 3. The first-order valence-corrected chi connectivity index (χ1v) is 24.4. The third-order valence-electron chi connectivity index (χ3n) is 12.6. The lowest BCUT2D eigenvalue weighted by atomic mass is 9.79. The summed E-state index contributed by atoms with van der Waals surface area (Å²) < 4.78 is 73.0. The van der Waals surface area contributed by atoms with Gasteiger partial charge >= 0.3 is 5.97 Å². The molecule has 0 radical (unpaired) electrons. The van der Waals surface area contributed by atoms with Crippen LogP contribution in [0.2, 0.25) is 0 Å². The van der Waals surface area contributed by atoms with Crippen LogP contribution in [0.1, 0.15) is 86.8 Å². The summed E-state index contributed by atoms with van der Waals surface area (Å²) >= 11 is 0. The van der Waals surface area contributed by atoms with Gasteiger partial charge in [0.1, 0.15) is 0 Å². The van der Waals surface area contributed by atoms with Crippen molar-refractivity contribution >= 4 is 48.9 Å². The van der Waals surface area contributed by atoms with Crippen molar-refractivity contribution in [2.75, 3.05) is 73.4 Å². The third kappa shape index (κ3) is 10.5. The summed E-state index contributed by atoms with van der Waals surface area (Å²) in [5.74, 6) is -1.01. The van der Waals surface area contributed by atoms with Gasteiger partial charge in [-0.25, -0.2) is 4.79 Å². The lowest BCUT2D eigenvalue weighted by molar-refractivity contribution is -0.871. The average molecular weight is 902 g/mol. The molecule has 1 aliphatic carbocycles. The highest BCUT2D eigenvalue weighted by Crippen LogP contribution is 2.49. The van der Waals surface area contributed by atoms with E-state index in [1.807, 2.05) is 12.1 Å². The van der Waals surface area contributed by atoms with Crippen LogP contribution >= 0.6 is 0 Å². The molecule has 0 saturated carbocycles. The highest BCUT2D eigenvalue weighted by molar-refractivity contribution is 7.86. The molecule has 12 nitrogen and oxygen atoms in total. The van der Waals surface area contributed by atoms with Crippen molar-refractivity contribution in [2.24, 2.45) is 0 Å². The molecule has 0 fully saturated rings. The number of rotatable bonds is 15. The molecule has 3 aliphatic rings. The van der Waals surface area contributed by atoms with Crippen molar-refractivity contribution in [3.8, 4) is 0 Å². The number of anilines is 1. The van der Waals surface area contributed by atoms with Gasteiger partial charge in [0.25, 0.3) is 20.2 Å². The Labute approximate surface area is 374 Å². The van der Waals surface area contributed by atoms with Crippen molar-refractivity contribution in [3.63, 3.8) is 0 Å². The summed E-state index contributed by atoms with van der Waals surface area (Å²) in [5, 5.41) is 9.78. The number of benzene rings is 3. The molecule has 2 heterocycles. The maximum Gasteiger partial charge on any atom is 0.335 e. The minimum Gasteiger partial charge on any atom is -0.478 e. The summed E-state index contributed by atoms with van der Waals surface area (Å²) in [6.45, 7) is 11.5. The minimum absolute atomic E-state index is 0.142. The van der Waals surface area contributed by atoms with Crippen LogP contribution in [-0.2, 0) is 31.1 Å². The fraction of sp³-hybridized carbons (Fsp3) is 0.429. The van der Waals surface area contributed by atoms with Crippen molar-refractivity contribution in [1.29, 1.82) is 0 Å². The van der Waals surface area contributed by atoms with Crippen LogP contribution in [0.15, 0.2) is 112 Å². The van der Waals surface area contributed by atoms with E-state index in [1.165, 1.54) is 12.1 Å². The molecule has 14 heteroatoms.